The summed E-state index contributed by atoms with van der Waals surface area (Å²) in [6, 6.07) is 1.44. The highest BCUT2D eigenvalue weighted by molar-refractivity contribution is 7.13. The van der Waals surface area contributed by atoms with E-state index in [-0.39, 0.29) is 11.6 Å². The zero-order chi connectivity index (χ0) is 13.5. The fourth-order valence-corrected chi connectivity index (χ4v) is 2.69. The molecule has 0 atom stereocenters. The van der Waals surface area contributed by atoms with E-state index < -0.39 is 12.2 Å². The van der Waals surface area contributed by atoms with E-state index in [4.69, 9.17) is 10.3 Å². The van der Waals surface area contributed by atoms with Crippen LogP contribution < -0.4 is 10.5 Å². The van der Waals surface area contributed by atoms with Gasteiger partial charge in [0.2, 0.25) is 0 Å². The Hall–Kier alpha value is -1.54. The molecular weight excluding hydrogens is 276 g/mol. The smallest absolute Gasteiger partial charge is 0.387 e. The Bertz CT molecular complexity index is 580. The zero-order valence-corrected chi connectivity index (χ0v) is 10.6. The normalized spacial score (nSPS) is 17.5. The van der Waals surface area contributed by atoms with Crippen LogP contribution in [0.1, 0.15) is 25.1 Å². The van der Waals surface area contributed by atoms with Gasteiger partial charge in [-0.15, -0.1) is 11.3 Å². The molecule has 2 N–H and O–H groups in total. The van der Waals surface area contributed by atoms with Crippen LogP contribution in [0.4, 0.5) is 8.78 Å². The number of rotatable bonds is 4. The quantitative estimate of drug-likeness (QED) is 0.935. The fourth-order valence-electron chi connectivity index (χ4n) is 1.94. The summed E-state index contributed by atoms with van der Waals surface area (Å²) in [5.41, 5.74) is 5.54. The third-order valence-corrected chi connectivity index (χ3v) is 4.04. The summed E-state index contributed by atoms with van der Waals surface area (Å²) in [6.07, 6.45) is 2.63. The molecule has 102 valence electrons. The van der Waals surface area contributed by atoms with Gasteiger partial charge < -0.3 is 15.0 Å². The molecule has 1 aliphatic carbocycles. The number of hydrogen-bond acceptors (Lipinski definition) is 6. The summed E-state index contributed by atoms with van der Waals surface area (Å²) in [5.74, 6) is 0.623. The SMILES string of the molecule is NC1(c2noc(-c3sccc3OC(F)F)n2)CCC1. The molecule has 0 amide bonds. The van der Waals surface area contributed by atoms with E-state index in [1.165, 1.54) is 17.4 Å². The minimum absolute atomic E-state index is 0.0369. The second-order valence-corrected chi connectivity index (χ2v) is 5.34. The standard InChI is InChI=1S/C11H11F2N3O2S/c12-10(13)17-6-2-5-19-7(6)8-15-9(16-18-8)11(14)3-1-4-11/h2,5,10H,1,3-4,14H2. The van der Waals surface area contributed by atoms with Gasteiger partial charge in [-0.05, 0) is 30.7 Å². The summed E-state index contributed by atoms with van der Waals surface area (Å²) < 4.78 is 34.0. The fraction of sp³-hybridized carbons (Fsp3) is 0.455. The number of nitrogens with zero attached hydrogens (tertiary/aromatic N) is 2. The average molecular weight is 287 g/mol. The molecule has 5 nitrogen and oxygen atoms in total. The van der Waals surface area contributed by atoms with Crippen molar-refractivity contribution in [3.8, 4) is 16.5 Å². The first-order valence-electron chi connectivity index (χ1n) is 5.74. The van der Waals surface area contributed by atoms with Crippen molar-refractivity contribution in [2.24, 2.45) is 5.73 Å². The van der Waals surface area contributed by atoms with Crippen molar-refractivity contribution < 1.29 is 18.0 Å². The van der Waals surface area contributed by atoms with Crippen molar-refractivity contribution in [3.63, 3.8) is 0 Å². The Morgan fingerprint density at radius 3 is 2.89 bits per heavy atom. The Balaban J connectivity index is 1.88. The Labute approximate surface area is 111 Å². The van der Waals surface area contributed by atoms with E-state index in [0.29, 0.717) is 10.7 Å². The van der Waals surface area contributed by atoms with Crippen LogP contribution in [-0.2, 0) is 5.54 Å². The molecular formula is C11H11F2N3O2S. The van der Waals surface area contributed by atoms with Crippen LogP contribution in [0.3, 0.4) is 0 Å². The maximum absolute atomic E-state index is 12.2. The minimum atomic E-state index is -2.89. The predicted molar refractivity (Wildman–Crippen MR) is 64.0 cm³/mol. The van der Waals surface area contributed by atoms with E-state index in [1.807, 2.05) is 0 Å². The number of hydrogen-bond donors (Lipinski definition) is 1. The van der Waals surface area contributed by atoms with Crippen LogP contribution in [0.2, 0.25) is 0 Å². The number of aromatic nitrogens is 2. The maximum atomic E-state index is 12.2. The largest absolute Gasteiger partial charge is 0.433 e. The second-order valence-electron chi connectivity index (χ2n) is 4.43. The Kier molecular flexibility index (Phi) is 2.98. The third kappa shape index (κ3) is 2.21. The monoisotopic (exact) mass is 287 g/mol. The molecule has 1 fully saturated rings. The van der Waals surface area contributed by atoms with Gasteiger partial charge in [0, 0.05) is 0 Å². The molecule has 0 saturated heterocycles. The number of nitrogens with two attached hydrogens (primary N) is 1. The van der Waals surface area contributed by atoms with Crippen LogP contribution >= 0.6 is 11.3 Å². The van der Waals surface area contributed by atoms with Crippen LogP contribution in [0.15, 0.2) is 16.0 Å². The van der Waals surface area contributed by atoms with Crippen LogP contribution in [0.5, 0.6) is 5.75 Å². The lowest BCUT2D eigenvalue weighted by Crippen LogP contribution is -2.44. The molecule has 0 aromatic carbocycles. The van der Waals surface area contributed by atoms with E-state index >= 15 is 0 Å². The molecule has 19 heavy (non-hydrogen) atoms. The topological polar surface area (TPSA) is 74.2 Å². The molecule has 1 saturated carbocycles. The van der Waals surface area contributed by atoms with E-state index in [2.05, 4.69) is 14.9 Å². The summed E-state index contributed by atoms with van der Waals surface area (Å²) in [4.78, 5) is 4.59. The lowest BCUT2D eigenvalue weighted by molar-refractivity contribution is -0.0492. The lowest BCUT2D eigenvalue weighted by Gasteiger charge is -2.34. The second kappa shape index (κ2) is 4.53. The van der Waals surface area contributed by atoms with Gasteiger partial charge in [-0.2, -0.15) is 13.8 Å². The van der Waals surface area contributed by atoms with Gasteiger partial charge in [-0.25, -0.2) is 0 Å². The molecule has 3 rings (SSSR count). The van der Waals surface area contributed by atoms with Gasteiger partial charge in [0.15, 0.2) is 5.82 Å². The molecule has 8 heteroatoms. The molecule has 0 unspecified atom stereocenters. The minimum Gasteiger partial charge on any atom is -0.433 e. The summed E-state index contributed by atoms with van der Waals surface area (Å²) in [7, 11) is 0. The zero-order valence-electron chi connectivity index (χ0n) is 9.81. The van der Waals surface area contributed by atoms with Crippen molar-refractivity contribution in [1.82, 2.24) is 10.1 Å². The van der Waals surface area contributed by atoms with Crippen molar-refractivity contribution in [3.05, 3.63) is 17.3 Å². The highest BCUT2D eigenvalue weighted by Crippen LogP contribution is 2.40. The summed E-state index contributed by atoms with van der Waals surface area (Å²) in [5, 5.41) is 5.46. The maximum Gasteiger partial charge on any atom is 0.387 e. The molecule has 0 radical (unpaired) electrons. The molecule has 1 aliphatic rings. The molecule has 2 heterocycles. The van der Waals surface area contributed by atoms with Crippen molar-refractivity contribution in [2.75, 3.05) is 0 Å². The van der Waals surface area contributed by atoms with Gasteiger partial charge in [0.05, 0.1) is 5.54 Å². The van der Waals surface area contributed by atoms with Crippen molar-refractivity contribution in [1.29, 1.82) is 0 Å². The summed E-state index contributed by atoms with van der Waals surface area (Å²) in [6.45, 7) is -2.89. The third-order valence-electron chi connectivity index (χ3n) is 3.16. The molecule has 0 spiro atoms. The molecule has 0 bridgehead atoms. The number of halogens is 2. The lowest BCUT2D eigenvalue weighted by atomic mass is 9.77. The van der Waals surface area contributed by atoms with Gasteiger partial charge >= 0.3 is 6.61 Å². The van der Waals surface area contributed by atoms with Crippen molar-refractivity contribution in [2.45, 2.75) is 31.4 Å². The first-order chi connectivity index (χ1) is 9.08. The van der Waals surface area contributed by atoms with Gasteiger partial charge in [-0.3, -0.25) is 0 Å². The number of thiophene rings is 1. The van der Waals surface area contributed by atoms with Crippen molar-refractivity contribution >= 4 is 11.3 Å². The van der Waals surface area contributed by atoms with Crippen LogP contribution in [0.25, 0.3) is 10.8 Å². The molecule has 0 aliphatic heterocycles. The first kappa shape index (κ1) is 12.5. The average Bonchev–Trinajstić information content (AvgIpc) is 2.93. The van der Waals surface area contributed by atoms with Gasteiger partial charge in [0.1, 0.15) is 10.6 Å². The molecule has 2 aromatic heterocycles. The highest BCUT2D eigenvalue weighted by Gasteiger charge is 2.39. The summed E-state index contributed by atoms with van der Waals surface area (Å²) >= 11 is 1.20. The van der Waals surface area contributed by atoms with Gasteiger partial charge in [0.25, 0.3) is 5.89 Å². The van der Waals surface area contributed by atoms with Gasteiger partial charge in [-0.1, -0.05) is 5.16 Å². The predicted octanol–water partition coefficient (Wildman–Crippen LogP) is 2.74. The van der Waals surface area contributed by atoms with E-state index in [0.717, 1.165) is 19.3 Å². The number of ether oxygens (including phenoxy) is 1. The van der Waals surface area contributed by atoms with E-state index in [1.54, 1.807) is 5.38 Å². The molecule has 2 aromatic rings. The van der Waals surface area contributed by atoms with E-state index in [9.17, 15) is 8.78 Å². The highest BCUT2D eigenvalue weighted by atomic mass is 32.1. The Morgan fingerprint density at radius 1 is 1.47 bits per heavy atom. The van der Waals surface area contributed by atoms with Crippen LogP contribution in [0, 0.1) is 0 Å². The number of alkyl halides is 2. The van der Waals surface area contributed by atoms with Crippen LogP contribution in [-0.4, -0.2) is 16.8 Å². The Morgan fingerprint density at radius 2 is 2.26 bits per heavy atom. The first-order valence-corrected chi connectivity index (χ1v) is 6.62.